The van der Waals surface area contributed by atoms with Crippen LogP contribution in [0, 0.1) is 13.8 Å². The van der Waals surface area contributed by atoms with Gasteiger partial charge in [0.15, 0.2) is 0 Å². The number of hydrogen-bond acceptors (Lipinski definition) is 2. The molecular weight excluding hydrogens is 314 g/mol. The van der Waals surface area contributed by atoms with E-state index in [0.717, 1.165) is 16.6 Å². The Balaban J connectivity index is 2.04. The first-order valence-electron chi connectivity index (χ1n) is 6.75. The maximum atomic E-state index is 9.49. The molecule has 2 N–H and O–H groups in total. The molecule has 0 fully saturated rings. The molecule has 106 valence electrons. The Hall–Kier alpha value is -1.32. The third-order valence-electron chi connectivity index (χ3n) is 3.52. The van der Waals surface area contributed by atoms with E-state index >= 15 is 0 Å². The molecule has 0 aromatic heterocycles. The predicted octanol–water partition coefficient (Wildman–Crippen LogP) is 4.62. The highest BCUT2D eigenvalue weighted by molar-refractivity contribution is 9.10. The highest BCUT2D eigenvalue weighted by Gasteiger charge is 2.08. The number of rotatable bonds is 4. The van der Waals surface area contributed by atoms with Gasteiger partial charge in [0, 0.05) is 12.6 Å². The third-order valence-corrected chi connectivity index (χ3v) is 4.15. The SMILES string of the molecule is Cc1ccc(C(C)NCc2ccc(O)c(Br)c2)c(C)c1. The predicted molar refractivity (Wildman–Crippen MR) is 87.0 cm³/mol. The van der Waals surface area contributed by atoms with Gasteiger partial charge in [-0.1, -0.05) is 29.8 Å². The summed E-state index contributed by atoms with van der Waals surface area (Å²) >= 11 is 3.34. The van der Waals surface area contributed by atoms with Crippen LogP contribution in [-0.2, 0) is 6.54 Å². The minimum Gasteiger partial charge on any atom is -0.507 e. The van der Waals surface area contributed by atoms with Crippen molar-refractivity contribution in [3.63, 3.8) is 0 Å². The van der Waals surface area contributed by atoms with Crippen molar-refractivity contribution in [3.8, 4) is 5.75 Å². The molecule has 0 spiro atoms. The number of phenols is 1. The zero-order valence-corrected chi connectivity index (χ0v) is 13.7. The first kappa shape index (κ1) is 15.1. The Labute approximate surface area is 129 Å². The van der Waals surface area contributed by atoms with Crippen LogP contribution < -0.4 is 5.32 Å². The van der Waals surface area contributed by atoms with Crippen LogP contribution in [0.2, 0.25) is 0 Å². The second kappa shape index (κ2) is 6.42. The topological polar surface area (TPSA) is 32.3 Å². The molecule has 2 aromatic carbocycles. The van der Waals surface area contributed by atoms with Crippen molar-refractivity contribution in [2.24, 2.45) is 0 Å². The minimum absolute atomic E-state index is 0.274. The lowest BCUT2D eigenvalue weighted by atomic mass is 10.00. The molecule has 0 heterocycles. The van der Waals surface area contributed by atoms with E-state index < -0.39 is 0 Å². The van der Waals surface area contributed by atoms with Gasteiger partial charge in [0.25, 0.3) is 0 Å². The first-order valence-corrected chi connectivity index (χ1v) is 7.54. The van der Waals surface area contributed by atoms with E-state index in [1.54, 1.807) is 6.07 Å². The Morgan fingerprint density at radius 2 is 1.90 bits per heavy atom. The fraction of sp³-hybridized carbons (Fsp3) is 0.294. The van der Waals surface area contributed by atoms with Crippen LogP contribution in [0.3, 0.4) is 0 Å². The van der Waals surface area contributed by atoms with E-state index in [1.807, 2.05) is 12.1 Å². The van der Waals surface area contributed by atoms with Crippen LogP contribution in [0.1, 0.15) is 35.2 Å². The summed E-state index contributed by atoms with van der Waals surface area (Å²) in [6, 6.07) is 12.4. The van der Waals surface area contributed by atoms with Gasteiger partial charge < -0.3 is 10.4 Å². The number of phenolic OH excluding ortho intramolecular Hbond substituents is 1. The molecule has 1 unspecified atom stereocenters. The van der Waals surface area contributed by atoms with Crippen molar-refractivity contribution >= 4 is 15.9 Å². The molecule has 2 nitrogen and oxygen atoms in total. The van der Waals surface area contributed by atoms with Crippen LogP contribution in [0.25, 0.3) is 0 Å². The van der Waals surface area contributed by atoms with Gasteiger partial charge in [-0.2, -0.15) is 0 Å². The molecule has 0 radical (unpaired) electrons. The fourth-order valence-electron chi connectivity index (χ4n) is 2.35. The number of aromatic hydroxyl groups is 1. The van der Waals surface area contributed by atoms with Crippen LogP contribution >= 0.6 is 15.9 Å². The summed E-state index contributed by atoms with van der Waals surface area (Å²) in [6.07, 6.45) is 0. The highest BCUT2D eigenvalue weighted by atomic mass is 79.9. The zero-order valence-electron chi connectivity index (χ0n) is 12.1. The lowest BCUT2D eigenvalue weighted by Crippen LogP contribution is -2.18. The van der Waals surface area contributed by atoms with Crippen molar-refractivity contribution in [2.45, 2.75) is 33.4 Å². The average Bonchev–Trinajstić information content (AvgIpc) is 2.40. The zero-order chi connectivity index (χ0) is 14.7. The third kappa shape index (κ3) is 3.62. The normalized spacial score (nSPS) is 12.4. The van der Waals surface area contributed by atoms with Gasteiger partial charge in [0.1, 0.15) is 5.75 Å². The van der Waals surface area contributed by atoms with Crippen LogP contribution in [0.4, 0.5) is 0 Å². The average molecular weight is 334 g/mol. The summed E-state index contributed by atoms with van der Waals surface area (Å²) in [5, 5.41) is 13.0. The molecule has 0 saturated carbocycles. The monoisotopic (exact) mass is 333 g/mol. The molecule has 3 heteroatoms. The standard InChI is InChI=1S/C17H20BrNO/c1-11-4-6-15(12(2)8-11)13(3)19-10-14-5-7-17(20)16(18)9-14/h4-9,13,19-20H,10H2,1-3H3. The van der Waals surface area contributed by atoms with Crippen molar-refractivity contribution in [2.75, 3.05) is 0 Å². The van der Waals surface area contributed by atoms with E-state index in [9.17, 15) is 5.11 Å². The van der Waals surface area contributed by atoms with E-state index in [-0.39, 0.29) is 5.75 Å². The molecule has 0 aliphatic rings. The molecule has 2 rings (SSSR count). The van der Waals surface area contributed by atoms with Crippen molar-refractivity contribution in [1.82, 2.24) is 5.32 Å². The summed E-state index contributed by atoms with van der Waals surface area (Å²) in [4.78, 5) is 0. The van der Waals surface area contributed by atoms with E-state index in [4.69, 9.17) is 0 Å². The number of hydrogen-bond donors (Lipinski definition) is 2. The minimum atomic E-state index is 0.274. The molecule has 20 heavy (non-hydrogen) atoms. The lowest BCUT2D eigenvalue weighted by Gasteiger charge is -2.17. The van der Waals surface area contributed by atoms with Gasteiger partial charge in [-0.25, -0.2) is 0 Å². The molecule has 0 bridgehead atoms. The van der Waals surface area contributed by atoms with Crippen molar-refractivity contribution in [3.05, 3.63) is 63.1 Å². The summed E-state index contributed by atoms with van der Waals surface area (Å²) in [5.74, 6) is 0.274. The summed E-state index contributed by atoms with van der Waals surface area (Å²) < 4.78 is 0.732. The lowest BCUT2D eigenvalue weighted by molar-refractivity contribution is 0.471. The summed E-state index contributed by atoms with van der Waals surface area (Å²) in [7, 11) is 0. The number of aryl methyl sites for hydroxylation is 2. The molecule has 0 saturated heterocycles. The number of nitrogens with one attached hydrogen (secondary N) is 1. The van der Waals surface area contributed by atoms with E-state index in [2.05, 4.69) is 60.2 Å². The van der Waals surface area contributed by atoms with Gasteiger partial charge in [0.05, 0.1) is 4.47 Å². The molecule has 0 aliphatic heterocycles. The molecule has 1 atom stereocenters. The quantitative estimate of drug-likeness (QED) is 0.855. The maximum Gasteiger partial charge on any atom is 0.129 e. The highest BCUT2D eigenvalue weighted by Crippen LogP contribution is 2.25. The summed E-state index contributed by atoms with van der Waals surface area (Å²) in [6.45, 7) is 7.21. The summed E-state index contributed by atoms with van der Waals surface area (Å²) in [5.41, 5.74) is 5.08. The molecule has 0 aliphatic carbocycles. The second-order valence-electron chi connectivity index (χ2n) is 5.25. The number of halogens is 1. The Morgan fingerprint density at radius 3 is 2.55 bits per heavy atom. The van der Waals surface area contributed by atoms with Gasteiger partial charge in [-0.3, -0.25) is 0 Å². The van der Waals surface area contributed by atoms with Gasteiger partial charge in [0.2, 0.25) is 0 Å². The smallest absolute Gasteiger partial charge is 0.129 e. The second-order valence-corrected chi connectivity index (χ2v) is 6.10. The van der Waals surface area contributed by atoms with Crippen LogP contribution in [0.15, 0.2) is 40.9 Å². The van der Waals surface area contributed by atoms with Gasteiger partial charge in [-0.15, -0.1) is 0 Å². The largest absolute Gasteiger partial charge is 0.507 e. The molecular formula is C17H20BrNO. The maximum absolute atomic E-state index is 9.49. The number of benzene rings is 2. The van der Waals surface area contributed by atoms with Crippen molar-refractivity contribution in [1.29, 1.82) is 0 Å². The molecule has 0 amide bonds. The van der Waals surface area contributed by atoms with Crippen LogP contribution in [0.5, 0.6) is 5.75 Å². The van der Waals surface area contributed by atoms with Crippen LogP contribution in [-0.4, -0.2) is 5.11 Å². The Bertz CT molecular complexity index is 610. The van der Waals surface area contributed by atoms with Gasteiger partial charge >= 0.3 is 0 Å². The Kier molecular flexibility index (Phi) is 4.84. The van der Waals surface area contributed by atoms with E-state index in [1.165, 1.54) is 16.7 Å². The first-order chi connectivity index (χ1) is 9.47. The Morgan fingerprint density at radius 1 is 1.15 bits per heavy atom. The van der Waals surface area contributed by atoms with Gasteiger partial charge in [-0.05, 0) is 65.5 Å². The van der Waals surface area contributed by atoms with E-state index in [0.29, 0.717) is 6.04 Å². The molecule has 2 aromatic rings. The fourth-order valence-corrected chi connectivity index (χ4v) is 2.78. The van der Waals surface area contributed by atoms with Crippen molar-refractivity contribution < 1.29 is 5.11 Å².